The van der Waals surface area contributed by atoms with Gasteiger partial charge in [0.1, 0.15) is 0 Å². The van der Waals surface area contributed by atoms with Gasteiger partial charge in [-0.15, -0.1) is 0 Å². The van der Waals surface area contributed by atoms with Gasteiger partial charge in [-0.2, -0.15) is 9.40 Å². The van der Waals surface area contributed by atoms with E-state index in [-0.39, 0.29) is 22.8 Å². The molecule has 158 valence electrons. The maximum atomic E-state index is 12.7. The van der Waals surface area contributed by atoms with Crippen LogP contribution >= 0.6 is 0 Å². The van der Waals surface area contributed by atoms with Crippen molar-refractivity contribution in [1.82, 2.24) is 19.1 Å². The molecular weight excluding hydrogens is 402 g/mol. The monoisotopic (exact) mass is 427 g/mol. The summed E-state index contributed by atoms with van der Waals surface area (Å²) in [6, 6.07) is 10.5. The summed E-state index contributed by atoms with van der Waals surface area (Å²) in [6.07, 6.45) is 4.35. The minimum absolute atomic E-state index is 0.107. The van der Waals surface area contributed by atoms with E-state index < -0.39 is 10.0 Å². The molecule has 0 aliphatic carbocycles. The third-order valence-corrected chi connectivity index (χ3v) is 7.31. The average molecular weight is 428 g/mol. The number of aromatic nitrogens is 3. The second-order valence-corrected chi connectivity index (χ2v) is 9.74. The third-order valence-electron chi connectivity index (χ3n) is 5.40. The summed E-state index contributed by atoms with van der Waals surface area (Å²) in [6.45, 7) is 4.73. The van der Waals surface area contributed by atoms with Crippen molar-refractivity contribution in [3.8, 4) is 0 Å². The number of fused-ring (bicyclic) bond motifs is 1. The molecule has 1 aliphatic rings. The highest BCUT2D eigenvalue weighted by Gasteiger charge is 2.32. The van der Waals surface area contributed by atoms with Crippen molar-refractivity contribution in [2.45, 2.75) is 37.6 Å². The van der Waals surface area contributed by atoms with Crippen LogP contribution in [0.5, 0.6) is 0 Å². The normalized spacial score (nSPS) is 16.2. The third kappa shape index (κ3) is 3.95. The van der Waals surface area contributed by atoms with Crippen LogP contribution in [0.4, 0.5) is 5.69 Å². The highest BCUT2D eigenvalue weighted by molar-refractivity contribution is 7.89. The van der Waals surface area contributed by atoms with Gasteiger partial charge in [-0.05, 0) is 44.9 Å². The van der Waals surface area contributed by atoms with E-state index >= 15 is 0 Å². The summed E-state index contributed by atoms with van der Waals surface area (Å²) in [4.78, 5) is 17.4. The maximum absolute atomic E-state index is 12.7. The van der Waals surface area contributed by atoms with Crippen molar-refractivity contribution in [2.24, 2.45) is 5.92 Å². The van der Waals surface area contributed by atoms with E-state index in [2.05, 4.69) is 15.4 Å². The maximum Gasteiger partial charge on any atom is 0.243 e. The Morgan fingerprint density at radius 3 is 2.50 bits per heavy atom. The molecule has 3 heterocycles. The topological polar surface area (TPSA) is 97.2 Å². The molecule has 0 atom stereocenters. The molecule has 8 nitrogen and oxygen atoms in total. The Balaban J connectivity index is 1.39. The first-order valence-electron chi connectivity index (χ1n) is 10.1. The lowest BCUT2D eigenvalue weighted by Gasteiger charge is -2.30. The van der Waals surface area contributed by atoms with Gasteiger partial charge in [0.2, 0.25) is 15.9 Å². The van der Waals surface area contributed by atoms with Crippen LogP contribution in [0.15, 0.2) is 53.7 Å². The SMILES string of the molecule is CC(C)n1ncc2cc(NC(=O)C3CCN(S(=O)(=O)c4ccccc4)CC3)cnc21. The summed E-state index contributed by atoms with van der Waals surface area (Å²) in [5, 5.41) is 8.13. The summed E-state index contributed by atoms with van der Waals surface area (Å²) < 4.78 is 28.8. The molecule has 1 N–H and O–H groups in total. The Morgan fingerprint density at radius 2 is 1.83 bits per heavy atom. The Morgan fingerprint density at radius 1 is 1.13 bits per heavy atom. The fraction of sp³-hybridized carbons (Fsp3) is 0.381. The zero-order valence-corrected chi connectivity index (χ0v) is 17.8. The highest BCUT2D eigenvalue weighted by Crippen LogP contribution is 2.25. The molecule has 2 aromatic heterocycles. The van der Waals surface area contributed by atoms with Crippen LogP contribution in [-0.2, 0) is 14.8 Å². The zero-order valence-electron chi connectivity index (χ0n) is 17.0. The summed E-state index contributed by atoms with van der Waals surface area (Å²) in [5.74, 6) is -0.342. The Hall–Kier alpha value is -2.78. The van der Waals surface area contributed by atoms with Crippen LogP contribution in [0.3, 0.4) is 0 Å². The van der Waals surface area contributed by atoms with Crippen molar-refractivity contribution >= 4 is 32.7 Å². The van der Waals surface area contributed by atoms with E-state index in [4.69, 9.17) is 0 Å². The summed E-state index contributed by atoms with van der Waals surface area (Å²) in [7, 11) is -3.52. The first kappa shape index (κ1) is 20.5. The number of benzene rings is 1. The standard InChI is InChI=1S/C21H25N5O3S/c1-15(2)26-20-17(13-23-26)12-18(14-22-20)24-21(27)16-8-10-25(11-9-16)30(28,29)19-6-4-3-5-7-19/h3-7,12-16H,8-11H2,1-2H3,(H,24,27). The summed E-state index contributed by atoms with van der Waals surface area (Å²) >= 11 is 0. The molecule has 4 rings (SSSR count). The lowest BCUT2D eigenvalue weighted by molar-refractivity contribution is -0.120. The van der Waals surface area contributed by atoms with Gasteiger partial charge in [0, 0.05) is 30.4 Å². The number of piperidine rings is 1. The number of hydrogen-bond donors (Lipinski definition) is 1. The molecule has 0 unspecified atom stereocenters. The number of nitrogens with zero attached hydrogens (tertiary/aromatic N) is 4. The predicted octanol–water partition coefficient (Wildman–Crippen LogP) is 3.05. The van der Waals surface area contributed by atoms with Crippen LogP contribution in [0.2, 0.25) is 0 Å². The van der Waals surface area contributed by atoms with Crippen LogP contribution < -0.4 is 5.32 Å². The largest absolute Gasteiger partial charge is 0.324 e. The van der Waals surface area contributed by atoms with E-state index in [0.29, 0.717) is 31.6 Å². The molecule has 30 heavy (non-hydrogen) atoms. The molecule has 0 saturated carbocycles. The number of carbonyl (C=O) groups excluding carboxylic acids is 1. The average Bonchev–Trinajstić information content (AvgIpc) is 3.18. The first-order valence-corrected chi connectivity index (χ1v) is 11.5. The lowest BCUT2D eigenvalue weighted by atomic mass is 9.97. The Bertz CT molecular complexity index is 1150. The smallest absolute Gasteiger partial charge is 0.243 e. The molecule has 9 heteroatoms. The molecule has 1 aliphatic heterocycles. The van der Waals surface area contributed by atoms with Gasteiger partial charge in [-0.1, -0.05) is 18.2 Å². The number of pyridine rings is 1. The number of amides is 1. The van der Waals surface area contributed by atoms with Gasteiger partial charge < -0.3 is 5.32 Å². The molecule has 3 aromatic rings. The Labute approximate surface area is 176 Å². The van der Waals surface area contributed by atoms with Gasteiger partial charge in [-0.25, -0.2) is 18.1 Å². The molecule has 1 saturated heterocycles. The molecule has 0 bridgehead atoms. The summed E-state index contributed by atoms with van der Waals surface area (Å²) in [5.41, 5.74) is 1.40. The second kappa shape index (κ2) is 8.16. The van der Waals surface area contributed by atoms with E-state index in [1.807, 2.05) is 24.6 Å². The van der Waals surface area contributed by atoms with Gasteiger partial charge in [0.05, 0.1) is 23.0 Å². The fourth-order valence-corrected chi connectivity index (χ4v) is 5.22. The number of sulfonamides is 1. The molecule has 0 radical (unpaired) electrons. The quantitative estimate of drug-likeness (QED) is 0.675. The molecule has 1 aromatic carbocycles. The van der Waals surface area contributed by atoms with Crippen LogP contribution in [0.25, 0.3) is 11.0 Å². The van der Waals surface area contributed by atoms with Crippen LogP contribution in [-0.4, -0.2) is 46.5 Å². The molecule has 0 spiro atoms. The van der Waals surface area contributed by atoms with Crippen molar-refractivity contribution in [2.75, 3.05) is 18.4 Å². The minimum Gasteiger partial charge on any atom is -0.324 e. The number of carbonyl (C=O) groups is 1. The minimum atomic E-state index is -3.52. The Kier molecular flexibility index (Phi) is 5.57. The van der Waals surface area contributed by atoms with Gasteiger partial charge in [0.25, 0.3) is 0 Å². The van der Waals surface area contributed by atoms with E-state index in [1.54, 1.807) is 42.7 Å². The van der Waals surface area contributed by atoms with Crippen molar-refractivity contribution in [3.05, 3.63) is 48.8 Å². The number of anilines is 1. The van der Waals surface area contributed by atoms with Gasteiger partial charge >= 0.3 is 0 Å². The van der Waals surface area contributed by atoms with Crippen molar-refractivity contribution in [3.63, 3.8) is 0 Å². The number of nitrogens with one attached hydrogen (secondary N) is 1. The number of rotatable bonds is 5. The lowest BCUT2D eigenvalue weighted by Crippen LogP contribution is -2.41. The first-order chi connectivity index (χ1) is 14.4. The highest BCUT2D eigenvalue weighted by atomic mass is 32.2. The molecular formula is C21H25N5O3S. The molecule has 1 amide bonds. The fourth-order valence-electron chi connectivity index (χ4n) is 3.73. The van der Waals surface area contributed by atoms with E-state index in [9.17, 15) is 13.2 Å². The number of hydrogen-bond acceptors (Lipinski definition) is 5. The molecule has 1 fully saturated rings. The van der Waals surface area contributed by atoms with Crippen molar-refractivity contribution < 1.29 is 13.2 Å². The zero-order chi connectivity index (χ0) is 21.3. The van der Waals surface area contributed by atoms with Crippen molar-refractivity contribution in [1.29, 1.82) is 0 Å². The predicted molar refractivity (Wildman–Crippen MR) is 114 cm³/mol. The van der Waals surface area contributed by atoms with Gasteiger partial charge in [0.15, 0.2) is 5.65 Å². The van der Waals surface area contributed by atoms with E-state index in [0.717, 1.165) is 11.0 Å². The van der Waals surface area contributed by atoms with Crippen LogP contribution in [0, 0.1) is 5.92 Å². The van der Waals surface area contributed by atoms with Crippen LogP contribution in [0.1, 0.15) is 32.7 Å². The van der Waals surface area contributed by atoms with Gasteiger partial charge in [-0.3, -0.25) is 4.79 Å². The van der Waals surface area contributed by atoms with E-state index in [1.165, 1.54) is 4.31 Å². The second-order valence-electron chi connectivity index (χ2n) is 7.80.